The molecule has 2 amide bonds. The van der Waals surface area contributed by atoms with E-state index < -0.39 is 21.9 Å². The van der Waals surface area contributed by atoms with Crippen molar-refractivity contribution in [3.63, 3.8) is 0 Å². The number of piperidine rings is 1. The normalized spacial score (nSPS) is 20.9. The first-order valence-electron chi connectivity index (χ1n) is 8.10. The zero-order valence-corrected chi connectivity index (χ0v) is 14.8. The average molecular weight is 369 g/mol. The summed E-state index contributed by atoms with van der Waals surface area (Å²) in [6.07, 6.45) is 0.552. The van der Waals surface area contributed by atoms with Crippen molar-refractivity contribution < 1.29 is 23.1 Å². The van der Waals surface area contributed by atoms with Crippen LogP contribution in [0.4, 0.5) is 4.79 Å². The van der Waals surface area contributed by atoms with E-state index in [0.717, 1.165) is 0 Å². The lowest BCUT2D eigenvalue weighted by Gasteiger charge is -2.34. The molecule has 0 aliphatic carbocycles. The molecule has 2 atom stereocenters. The van der Waals surface area contributed by atoms with Gasteiger partial charge in [0.1, 0.15) is 0 Å². The highest BCUT2D eigenvalue weighted by molar-refractivity contribution is 7.89. The van der Waals surface area contributed by atoms with Gasteiger partial charge < -0.3 is 15.3 Å². The Morgan fingerprint density at radius 3 is 2.52 bits per heavy atom. The molecule has 3 N–H and O–H groups in total. The Labute approximate surface area is 147 Å². The molecule has 1 aromatic carbocycles. The lowest BCUT2D eigenvalue weighted by molar-refractivity contribution is -0.143. The number of carbonyl (C=O) groups is 2. The zero-order valence-electron chi connectivity index (χ0n) is 14.0. The number of aliphatic carboxylic acids is 1. The lowest BCUT2D eigenvalue weighted by atomic mass is 9.91. The standard InChI is InChI=1S/C16H23N3O5S/c1-12-9-13(15(20)21)11-19(10-12)16(22)17-7-8-18-25(23,24)14-5-3-2-4-6-14/h2-6,12-13,18H,7-11H2,1H3,(H,17,22)(H,20,21). The predicted molar refractivity (Wildman–Crippen MR) is 91.5 cm³/mol. The summed E-state index contributed by atoms with van der Waals surface area (Å²) in [5.41, 5.74) is 0. The zero-order chi connectivity index (χ0) is 18.4. The smallest absolute Gasteiger partial charge is 0.317 e. The summed E-state index contributed by atoms with van der Waals surface area (Å²) in [5, 5.41) is 11.8. The van der Waals surface area contributed by atoms with E-state index in [2.05, 4.69) is 10.0 Å². The van der Waals surface area contributed by atoms with E-state index in [9.17, 15) is 18.0 Å². The topological polar surface area (TPSA) is 116 Å². The second-order valence-corrected chi connectivity index (χ2v) is 7.99. The maximum atomic E-state index is 12.2. The van der Waals surface area contributed by atoms with Crippen molar-refractivity contribution in [2.75, 3.05) is 26.2 Å². The van der Waals surface area contributed by atoms with Crippen molar-refractivity contribution in [2.24, 2.45) is 11.8 Å². The molecular formula is C16H23N3O5S. The number of amides is 2. The van der Waals surface area contributed by atoms with Gasteiger partial charge in [-0.3, -0.25) is 4.79 Å². The molecule has 9 heteroatoms. The molecule has 1 saturated heterocycles. The average Bonchev–Trinajstić information content (AvgIpc) is 2.58. The van der Waals surface area contributed by atoms with Gasteiger partial charge in [-0.15, -0.1) is 0 Å². The van der Waals surface area contributed by atoms with Gasteiger partial charge in [0, 0.05) is 26.2 Å². The van der Waals surface area contributed by atoms with Crippen molar-refractivity contribution in [2.45, 2.75) is 18.2 Å². The molecule has 25 heavy (non-hydrogen) atoms. The minimum absolute atomic E-state index is 0.0503. The Morgan fingerprint density at radius 2 is 1.88 bits per heavy atom. The Bertz CT molecular complexity index is 708. The largest absolute Gasteiger partial charge is 0.481 e. The first kappa shape index (κ1) is 19.2. The van der Waals surface area contributed by atoms with Gasteiger partial charge in [-0.2, -0.15) is 0 Å². The number of carboxylic acids is 1. The minimum atomic E-state index is -3.60. The first-order chi connectivity index (χ1) is 11.8. The Kier molecular flexibility index (Phi) is 6.38. The van der Waals surface area contributed by atoms with Gasteiger partial charge in [0.2, 0.25) is 10.0 Å². The van der Waals surface area contributed by atoms with Crippen molar-refractivity contribution in [1.82, 2.24) is 14.9 Å². The first-order valence-corrected chi connectivity index (χ1v) is 9.58. The summed E-state index contributed by atoms with van der Waals surface area (Å²) >= 11 is 0. The van der Waals surface area contributed by atoms with Crippen LogP contribution in [0.1, 0.15) is 13.3 Å². The number of sulfonamides is 1. The quantitative estimate of drug-likeness (QED) is 0.639. The molecule has 8 nitrogen and oxygen atoms in total. The van der Waals surface area contributed by atoms with E-state index in [1.54, 1.807) is 18.2 Å². The van der Waals surface area contributed by atoms with Gasteiger partial charge in [0.05, 0.1) is 10.8 Å². The van der Waals surface area contributed by atoms with E-state index in [-0.39, 0.29) is 36.5 Å². The third-order valence-corrected chi connectivity index (χ3v) is 5.52. The molecule has 0 radical (unpaired) electrons. The molecule has 0 saturated carbocycles. The summed E-state index contributed by atoms with van der Waals surface area (Å²) in [6.45, 7) is 2.73. The number of benzene rings is 1. The van der Waals surface area contributed by atoms with Crippen molar-refractivity contribution >= 4 is 22.0 Å². The van der Waals surface area contributed by atoms with Crippen molar-refractivity contribution in [3.05, 3.63) is 30.3 Å². The van der Waals surface area contributed by atoms with Crippen molar-refractivity contribution in [3.8, 4) is 0 Å². The third-order valence-electron chi connectivity index (χ3n) is 4.04. The van der Waals surface area contributed by atoms with E-state index in [1.165, 1.54) is 17.0 Å². The van der Waals surface area contributed by atoms with Crippen LogP contribution < -0.4 is 10.0 Å². The van der Waals surface area contributed by atoms with Gasteiger partial charge in [-0.25, -0.2) is 17.9 Å². The molecule has 138 valence electrons. The summed E-state index contributed by atoms with van der Waals surface area (Å²) in [5.74, 6) is -1.36. The van der Waals surface area contributed by atoms with Crippen LogP contribution in [0.15, 0.2) is 35.2 Å². The number of carboxylic acid groups (broad SMARTS) is 1. The molecule has 1 fully saturated rings. The Morgan fingerprint density at radius 1 is 1.20 bits per heavy atom. The Hall–Kier alpha value is -2.13. The van der Waals surface area contributed by atoms with Gasteiger partial charge in [-0.1, -0.05) is 25.1 Å². The van der Waals surface area contributed by atoms with Gasteiger partial charge in [-0.05, 0) is 24.5 Å². The van der Waals surface area contributed by atoms with Crippen LogP contribution in [-0.4, -0.2) is 56.6 Å². The number of nitrogens with zero attached hydrogens (tertiary/aromatic N) is 1. The molecule has 1 aliphatic rings. The summed E-state index contributed by atoms with van der Waals surface area (Å²) in [7, 11) is -3.60. The maximum Gasteiger partial charge on any atom is 0.317 e. The van der Waals surface area contributed by atoms with E-state index >= 15 is 0 Å². The number of rotatable bonds is 6. The van der Waals surface area contributed by atoms with E-state index in [1.807, 2.05) is 6.92 Å². The van der Waals surface area contributed by atoms with Gasteiger partial charge in [0.15, 0.2) is 0 Å². The van der Waals surface area contributed by atoms with Crippen LogP contribution in [-0.2, 0) is 14.8 Å². The molecule has 0 bridgehead atoms. The molecule has 0 spiro atoms. The van der Waals surface area contributed by atoms with E-state index in [4.69, 9.17) is 5.11 Å². The summed E-state index contributed by atoms with van der Waals surface area (Å²) in [4.78, 5) is 24.9. The molecule has 2 unspecified atom stereocenters. The number of hydrogen-bond acceptors (Lipinski definition) is 4. The third kappa shape index (κ3) is 5.43. The minimum Gasteiger partial charge on any atom is -0.481 e. The molecule has 2 rings (SSSR count). The highest BCUT2D eigenvalue weighted by Crippen LogP contribution is 2.21. The second-order valence-electron chi connectivity index (χ2n) is 6.22. The fourth-order valence-electron chi connectivity index (χ4n) is 2.85. The van der Waals surface area contributed by atoms with Gasteiger partial charge >= 0.3 is 12.0 Å². The summed E-state index contributed by atoms with van der Waals surface area (Å²) < 4.78 is 26.5. The van der Waals surface area contributed by atoms with Gasteiger partial charge in [0.25, 0.3) is 0 Å². The SMILES string of the molecule is CC1CC(C(=O)O)CN(C(=O)NCCNS(=O)(=O)c2ccccc2)C1. The molecule has 0 aromatic heterocycles. The monoisotopic (exact) mass is 369 g/mol. The highest BCUT2D eigenvalue weighted by atomic mass is 32.2. The van der Waals surface area contributed by atoms with Crippen LogP contribution in [0.25, 0.3) is 0 Å². The molecule has 1 aromatic rings. The fraction of sp³-hybridized carbons (Fsp3) is 0.500. The maximum absolute atomic E-state index is 12.2. The number of hydrogen-bond donors (Lipinski definition) is 3. The van der Waals surface area contributed by atoms with Crippen LogP contribution in [0.5, 0.6) is 0 Å². The van der Waals surface area contributed by atoms with Crippen LogP contribution in [0.2, 0.25) is 0 Å². The predicted octanol–water partition coefficient (Wildman–Crippen LogP) is 0.717. The number of urea groups is 1. The number of nitrogens with one attached hydrogen (secondary N) is 2. The highest BCUT2D eigenvalue weighted by Gasteiger charge is 2.31. The van der Waals surface area contributed by atoms with Crippen LogP contribution in [0.3, 0.4) is 0 Å². The molecular weight excluding hydrogens is 346 g/mol. The molecule has 1 aliphatic heterocycles. The van der Waals surface area contributed by atoms with E-state index in [0.29, 0.717) is 13.0 Å². The number of likely N-dealkylation sites (tertiary alicyclic amines) is 1. The Balaban J connectivity index is 1.79. The fourth-order valence-corrected chi connectivity index (χ4v) is 3.90. The number of carbonyl (C=O) groups excluding carboxylic acids is 1. The lowest BCUT2D eigenvalue weighted by Crippen LogP contribution is -2.50. The summed E-state index contributed by atoms with van der Waals surface area (Å²) in [6, 6.07) is 7.59. The second kappa shape index (κ2) is 8.30. The van der Waals surface area contributed by atoms with Crippen LogP contribution >= 0.6 is 0 Å². The molecule has 1 heterocycles. The van der Waals surface area contributed by atoms with Crippen molar-refractivity contribution in [1.29, 1.82) is 0 Å². The van der Waals surface area contributed by atoms with Crippen LogP contribution in [0, 0.1) is 11.8 Å².